The minimum Gasteiger partial charge on any atom is -0.496 e. The number of aromatic nitrogens is 1. The summed E-state index contributed by atoms with van der Waals surface area (Å²) in [5.74, 6) is 4.43. The Labute approximate surface area is 224 Å². The predicted molar refractivity (Wildman–Crippen MR) is 147 cm³/mol. The SMILES string of the molecule is COc1cccc(Br)c1-c1nc(CN2CCC(C(=O)CCCCN3C[C@H](C)C[C@H](C)C3)CC2)c(C)o1. The summed E-state index contributed by atoms with van der Waals surface area (Å²) in [5.41, 5.74) is 1.79. The number of halogens is 1. The Balaban J connectivity index is 1.21. The normalized spacial score (nSPS) is 22.1. The number of carbonyl (C=O) groups excluding carboxylic acids is 1. The molecule has 2 atom stereocenters. The molecule has 198 valence electrons. The van der Waals surface area contributed by atoms with E-state index < -0.39 is 0 Å². The van der Waals surface area contributed by atoms with Crippen LogP contribution in [0.3, 0.4) is 0 Å². The quantitative estimate of drug-likeness (QED) is 0.316. The van der Waals surface area contributed by atoms with Crippen molar-refractivity contribution in [3.05, 3.63) is 34.1 Å². The zero-order chi connectivity index (χ0) is 25.7. The molecule has 0 radical (unpaired) electrons. The highest BCUT2D eigenvalue weighted by molar-refractivity contribution is 9.10. The lowest BCUT2D eigenvalue weighted by atomic mass is 9.89. The number of hydrogen-bond donors (Lipinski definition) is 0. The summed E-state index contributed by atoms with van der Waals surface area (Å²) >= 11 is 3.60. The van der Waals surface area contributed by atoms with E-state index in [0.717, 1.165) is 97.4 Å². The molecule has 4 rings (SSSR count). The number of Topliss-reactive ketones (excluding diaryl/α,β-unsaturated/α-hetero) is 1. The van der Waals surface area contributed by atoms with Crippen molar-refractivity contribution in [1.29, 1.82) is 0 Å². The molecule has 0 amide bonds. The molecule has 0 bridgehead atoms. The Kier molecular flexibility index (Phi) is 9.65. The topological polar surface area (TPSA) is 58.8 Å². The highest BCUT2D eigenvalue weighted by Gasteiger charge is 2.27. The maximum Gasteiger partial charge on any atom is 0.231 e. The van der Waals surface area contributed by atoms with Crippen molar-refractivity contribution in [3.63, 3.8) is 0 Å². The third-order valence-electron chi connectivity index (χ3n) is 7.81. The van der Waals surface area contributed by atoms with Crippen LogP contribution in [0.5, 0.6) is 5.75 Å². The average molecular weight is 561 g/mol. The van der Waals surface area contributed by atoms with E-state index in [1.807, 2.05) is 25.1 Å². The van der Waals surface area contributed by atoms with Crippen LogP contribution >= 0.6 is 15.9 Å². The van der Waals surface area contributed by atoms with Crippen molar-refractivity contribution < 1.29 is 13.9 Å². The van der Waals surface area contributed by atoms with Gasteiger partial charge in [0.05, 0.1) is 18.4 Å². The van der Waals surface area contributed by atoms with Gasteiger partial charge in [0.1, 0.15) is 17.3 Å². The fraction of sp³-hybridized carbons (Fsp3) is 0.655. The fourth-order valence-electron chi connectivity index (χ4n) is 6.00. The highest BCUT2D eigenvalue weighted by Crippen LogP contribution is 2.37. The first-order valence-electron chi connectivity index (χ1n) is 13.6. The number of aryl methyl sites for hydroxylation is 1. The molecule has 2 saturated heterocycles. The highest BCUT2D eigenvalue weighted by atomic mass is 79.9. The summed E-state index contributed by atoms with van der Waals surface area (Å²) in [6.07, 6.45) is 6.15. The molecular formula is C29H42BrN3O3. The summed E-state index contributed by atoms with van der Waals surface area (Å²) in [5, 5.41) is 0. The molecule has 0 unspecified atom stereocenters. The smallest absolute Gasteiger partial charge is 0.231 e. The van der Waals surface area contributed by atoms with Gasteiger partial charge in [-0.3, -0.25) is 9.69 Å². The van der Waals surface area contributed by atoms with Gasteiger partial charge in [-0.15, -0.1) is 0 Å². The average Bonchev–Trinajstić information content (AvgIpc) is 3.20. The second kappa shape index (κ2) is 12.7. The Morgan fingerprint density at radius 2 is 1.86 bits per heavy atom. The monoisotopic (exact) mass is 559 g/mol. The first-order valence-corrected chi connectivity index (χ1v) is 14.4. The van der Waals surface area contributed by atoms with Gasteiger partial charge in [-0.2, -0.15) is 0 Å². The van der Waals surface area contributed by atoms with Crippen molar-refractivity contribution in [3.8, 4) is 17.2 Å². The lowest BCUT2D eigenvalue weighted by molar-refractivity contribution is -0.124. The van der Waals surface area contributed by atoms with Gasteiger partial charge >= 0.3 is 0 Å². The summed E-state index contributed by atoms with van der Waals surface area (Å²) in [4.78, 5) is 22.7. The van der Waals surface area contributed by atoms with Crippen LogP contribution in [-0.2, 0) is 11.3 Å². The fourth-order valence-corrected chi connectivity index (χ4v) is 6.52. The van der Waals surface area contributed by atoms with Gasteiger partial charge in [0.2, 0.25) is 5.89 Å². The Bertz CT molecular complexity index is 1010. The minimum atomic E-state index is 0.217. The second-order valence-electron chi connectivity index (χ2n) is 11.0. The van der Waals surface area contributed by atoms with E-state index in [1.165, 1.54) is 19.5 Å². The largest absolute Gasteiger partial charge is 0.496 e. The van der Waals surface area contributed by atoms with Gasteiger partial charge in [-0.05, 0) is 98.6 Å². The molecular weight excluding hydrogens is 518 g/mol. The van der Waals surface area contributed by atoms with E-state index >= 15 is 0 Å². The van der Waals surface area contributed by atoms with Crippen LogP contribution in [0.4, 0.5) is 0 Å². The van der Waals surface area contributed by atoms with Gasteiger partial charge < -0.3 is 14.1 Å². The number of piperidine rings is 2. The molecule has 3 heterocycles. The van der Waals surface area contributed by atoms with Gasteiger partial charge in [0.25, 0.3) is 0 Å². The molecule has 36 heavy (non-hydrogen) atoms. The molecule has 0 saturated carbocycles. The number of unbranched alkanes of at least 4 members (excludes halogenated alkanes) is 1. The number of oxazole rings is 1. The number of ketones is 1. The molecule has 2 fully saturated rings. The van der Waals surface area contributed by atoms with Crippen LogP contribution in [-0.4, -0.2) is 60.4 Å². The van der Waals surface area contributed by atoms with E-state index in [4.69, 9.17) is 14.1 Å². The number of rotatable bonds is 10. The van der Waals surface area contributed by atoms with Gasteiger partial charge in [-0.1, -0.05) is 19.9 Å². The van der Waals surface area contributed by atoms with E-state index in [2.05, 4.69) is 39.6 Å². The van der Waals surface area contributed by atoms with E-state index in [-0.39, 0.29) is 5.92 Å². The molecule has 2 aromatic rings. The maximum atomic E-state index is 12.8. The number of likely N-dealkylation sites (tertiary alicyclic amines) is 2. The van der Waals surface area contributed by atoms with Gasteiger partial charge in [0, 0.05) is 36.4 Å². The molecule has 2 aliphatic rings. The number of hydrogen-bond acceptors (Lipinski definition) is 6. The zero-order valence-electron chi connectivity index (χ0n) is 22.4. The van der Waals surface area contributed by atoms with Crippen LogP contribution in [0.1, 0.15) is 63.8 Å². The lowest BCUT2D eigenvalue weighted by Gasteiger charge is -2.35. The first kappa shape index (κ1) is 27.3. The summed E-state index contributed by atoms with van der Waals surface area (Å²) in [7, 11) is 1.66. The van der Waals surface area contributed by atoms with Gasteiger partial charge in [0.15, 0.2) is 0 Å². The summed E-state index contributed by atoms with van der Waals surface area (Å²) in [6.45, 7) is 12.9. The molecule has 2 aliphatic heterocycles. The van der Waals surface area contributed by atoms with E-state index in [9.17, 15) is 4.79 Å². The molecule has 1 aromatic heterocycles. The van der Waals surface area contributed by atoms with Crippen LogP contribution in [0, 0.1) is 24.7 Å². The molecule has 7 heteroatoms. The number of benzene rings is 1. The van der Waals surface area contributed by atoms with Crippen LogP contribution in [0.2, 0.25) is 0 Å². The van der Waals surface area contributed by atoms with E-state index in [0.29, 0.717) is 11.7 Å². The Morgan fingerprint density at radius 1 is 1.14 bits per heavy atom. The lowest BCUT2D eigenvalue weighted by Crippen LogP contribution is -2.39. The first-order chi connectivity index (χ1) is 17.3. The maximum absolute atomic E-state index is 12.8. The van der Waals surface area contributed by atoms with Crippen molar-refractivity contribution in [1.82, 2.24) is 14.8 Å². The zero-order valence-corrected chi connectivity index (χ0v) is 24.0. The molecule has 0 N–H and O–H groups in total. The van der Waals surface area contributed by atoms with Crippen LogP contribution < -0.4 is 4.74 Å². The van der Waals surface area contributed by atoms with Crippen molar-refractivity contribution >= 4 is 21.7 Å². The third kappa shape index (κ3) is 6.99. The number of carbonyl (C=O) groups is 1. The number of ether oxygens (including phenoxy) is 1. The third-order valence-corrected chi connectivity index (χ3v) is 8.47. The van der Waals surface area contributed by atoms with Crippen molar-refractivity contribution in [2.75, 3.05) is 39.8 Å². The Morgan fingerprint density at radius 3 is 2.56 bits per heavy atom. The van der Waals surface area contributed by atoms with Gasteiger partial charge in [-0.25, -0.2) is 4.98 Å². The minimum absolute atomic E-state index is 0.217. The predicted octanol–water partition coefficient (Wildman–Crippen LogP) is 6.35. The Hall–Kier alpha value is -1.70. The molecule has 1 aromatic carbocycles. The van der Waals surface area contributed by atoms with Crippen molar-refractivity contribution in [2.24, 2.45) is 17.8 Å². The van der Waals surface area contributed by atoms with Crippen LogP contribution in [0.15, 0.2) is 27.1 Å². The van der Waals surface area contributed by atoms with E-state index in [1.54, 1.807) is 7.11 Å². The summed E-state index contributed by atoms with van der Waals surface area (Å²) < 4.78 is 12.4. The standard InChI is InChI=1S/C29H42BrN3O3/c1-20-16-21(2)18-33(17-20)13-6-5-9-26(34)23-11-14-32(15-12-23)19-25-22(3)36-29(31-25)28-24(30)8-7-10-27(28)35-4/h7-8,10,20-21,23H,5-6,9,11-19H2,1-4H3/t20-,21+. The summed E-state index contributed by atoms with van der Waals surface area (Å²) in [6, 6.07) is 5.81. The number of nitrogens with zero attached hydrogens (tertiary/aromatic N) is 3. The molecule has 6 nitrogen and oxygen atoms in total. The van der Waals surface area contributed by atoms with Crippen LogP contribution in [0.25, 0.3) is 11.5 Å². The number of methoxy groups -OCH3 is 1. The molecule has 0 aliphatic carbocycles. The molecule has 0 spiro atoms. The second-order valence-corrected chi connectivity index (χ2v) is 11.9. The van der Waals surface area contributed by atoms with Crippen molar-refractivity contribution in [2.45, 2.75) is 65.8 Å².